The van der Waals surface area contributed by atoms with Crippen molar-refractivity contribution in [2.75, 3.05) is 13.1 Å². The molecule has 0 radical (unpaired) electrons. The lowest BCUT2D eigenvalue weighted by Gasteiger charge is -2.44. The average Bonchev–Trinajstić information content (AvgIpc) is 2.35. The molecule has 2 rings (SSSR count). The zero-order chi connectivity index (χ0) is 14.3. The lowest BCUT2D eigenvalue weighted by atomic mass is 9.71. The summed E-state index contributed by atoms with van der Waals surface area (Å²) in [6, 6.07) is 4.85. The van der Waals surface area contributed by atoms with Gasteiger partial charge in [-0.25, -0.2) is 0 Å². The van der Waals surface area contributed by atoms with E-state index in [9.17, 15) is 18.3 Å². The Bertz CT molecular complexity index is 431. The van der Waals surface area contributed by atoms with Crippen LogP contribution in [-0.4, -0.2) is 18.2 Å². The summed E-state index contributed by atoms with van der Waals surface area (Å²) in [5, 5.41) is 14.1. The van der Waals surface area contributed by atoms with E-state index in [2.05, 4.69) is 5.32 Å². The molecule has 1 fully saturated rings. The molecule has 0 bridgehead atoms. The zero-order valence-corrected chi connectivity index (χ0v) is 11.0. The number of hydrogen-bond donors (Lipinski definition) is 2. The number of halogens is 3. The molecule has 2 atom stereocenters. The molecule has 1 aromatic rings. The van der Waals surface area contributed by atoms with E-state index < -0.39 is 17.3 Å². The van der Waals surface area contributed by atoms with Gasteiger partial charge in [0.25, 0.3) is 0 Å². The highest BCUT2D eigenvalue weighted by Gasteiger charge is 2.43. The van der Waals surface area contributed by atoms with Gasteiger partial charge in [0.1, 0.15) is 0 Å². The van der Waals surface area contributed by atoms with E-state index in [4.69, 9.17) is 0 Å². The molecule has 0 spiro atoms. The molecule has 0 saturated carbocycles. The minimum Gasteiger partial charge on any atom is -0.385 e. The van der Waals surface area contributed by atoms with Crippen LogP contribution in [0.15, 0.2) is 24.3 Å². The number of hydrogen-bond acceptors (Lipinski definition) is 2. The smallest absolute Gasteiger partial charge is 0.385 e. The summed E-state index contributed by atoms with van der Waals surface area (Å²) in [4.78, 5) is 0. The predicted octanol–water partition coefficient (Wildman–Crippen LogP) is 2.77. The fraction of sp³-hybridized carbons (Fsp3) is 0.571. The maximum atomic E-state index is 12.5. The van der Waals surface area contributed by atoms with Crippen molar-refractivity contribution in [3.63, 3.8) is 0 Å². The molecule has 0 aromatic heterocycles. The van der Waals surface area contributed by atoms with Gasteiger partial charge < -0.3 is 10.4 Å². The van der Waals surface area contributed by atoms with Gasteiger partial charge in [-0.3, -0.25) is 0 Å². The Morgan fingerprint density at radius 3 is 2.00 bits per heavy atom. The van der Waals surface area contributed by atoms with Crippen molar-refractivity contribution in [2.45, 2.75) is 25.6 Å². The van der Waals surface area contributed by atoms with Crippen molar-refractivity contribution in [3.8, 4) is 0 Å². The van der Waals surface area contributed by atoms with E-state index in [-0.39, 0.29) is 11.8 Å². The normalized spacial score (nSPS) is 32.3. The fourth-order valence-corrected chi connectivity index (χ4v) is 2.81. The van der Waals surface area contributed by atoms with Gasteiger partial charge in [-0.15, -0.1) is 0 Å². The van der Waals surface area contributed by atoms with Gasteiger partial charge in [0.15, 0.2) is 0 Å². The lowest BCUT2D eigenvalue weighted by molar-refractivity contribution is -0.137. The first-order chi connectivity index (χ1) is 8.76. The number of piperidine rings is 1. The summed E-state index contributed by atoms with van der Waals surface area (Å²) >= 11 is 0. The molecule has 106 valence electrons. The van der Waals surface area contributed by atoms with Crippen LogP contribution < -0.4 is 5.32 Å². The van der Waals surface area contributed by atoms with E-state index in [0.717, 1.165) is 12.1 Å². The highest BCUT2D eigenvalue weighted by molar-refractivity contribution is 5.30. The van der Waals surface area contributed by atoms with Crippen LogP contribution in [0.1, 0.15) is 25.0 Å². The quantitative estimate of drug-likeness (QED) is 0.824. The number of benzene rings is 1. The molecule has 2 unspecified atom stereocenters. The summed E-state index contributed by atoms with van der Waals surface area (Å²) in [6.45, 7) is 5.12. The molecular formula is C14H18F3NO. The Labute approximate surface area is 110 Å². The van der Waals surface area contributed by atoms with Crippen LogP contribution in [0, 0.1) is 11.8 Å². The third-order valence-corrected chi connectivity index (χ3v) is 4.08. The second-order valence-electron chi connectivity index (χ2n) is 5.36. The fourth-order valence-electron chi connectivity index (χ4n) is 2.81. The van der Waals surface area contributed by atoms with Crippen LogP contribution >= 0.6 is 0 Å². The minimum atomic E-state index is -4.34. The Morgan fingerprint density at radius 1 is 1.11 bits per heavy atom. The SMILES string of the molecule is CC1CNCC(C)C1(O)c1ccc(C(F)(F)F)cc1. The summed E-state index contributed by atoms with van der Waals surface area (Å²) in [7, 11) is 0. The Balaban J connectivity index is 2.35. The molecule has 2 N–H and O–H groups in total. The van der Waals surface area contributed by atoms with Gasteiger partial charge in [0.2, 0.25) is 0 Å². The molecule has 1 aliphatic heterocycles. The molecule has 19 heavy (non-hydrogen) atoms. The standard InChI is InChI=1S/C14H18F3NO/c1-9-7-18-8-10(2)13(9,19)11-3-5-12(6-4-11)14(15,16)17/h3-6,9-10,18-19H,7-8H2,1-2H3. The molecule has 1 saturated heterocycles. The van der Waals surface area contributed by atoms with Crippen molar-refractivity contribution < 1.29 is 18.3 Å². The summed E-state index contributed by atoms with van der Waals surface area (Å²) in [5.74, 6) is -0.0963. The molecule has 2 nitrogen and oxygen atoms in total. The lowest BCUT2D eigenvalue weighted by Crippen LogP contribution is -2.52. The van der Waals surface area contributed by atoms with Crippen LogP contribution in [-0.2, 0) is 11.8 Å². The van der Waals surface area contributed by atoms with Gasteiger partial charge in [-0.2, -0.15) is 13.2 Å². The first-order valence-electron chi connectivity index (χ1n) is 6.37. The maximum Gasteiger partial charge on any atom is 0.416 e. The molecular weight excluding hydrogens is 255 g/mol. The molecule has 0 amide bonds. The van der Waals surface area contributed by atoms with Crippen LogP contribution in [0.3, 0.4) is 0 Å². The molecule has 1 heterocycles. The highest BCUT2D eigenvalue weighted by Crippen LogP contribution is 2.40. The van der Waals surface area contributed by atoms with Gasteiger partial charge in [-0.1, -0.05) is 26.0 Å². The van der Waals surface area contributed by atoms with Gasteiger partial charge in [-0.05, 0) is 17.7 Å². The predicted molar refractivity (Wildman–Crippen MR) is 66.5 cm³/mol. The number of nitrogens with one attached hydrogen (secondary N) is 1. The third-order valence-electron chi connectivity index (χ3n) is 4.08. The van der Waals surface area contributed by atoms with E-state index >= 15 is 0 Å². The summed E-state index contributed by atoms with van der Waals surface area (Å²) in [6.07, 6.45) is -4.34. The monoisotopic (exact) mass is 273 g/mol. The zero-order valence-electron chi connectivity index (χ0n) is 11.0. The minimum absolute atomic E-state index is 0.0482. The van der Waals surface area contributed by atoms with Crippen molar-refractivity contribution in [1.29, 1.82) is 0 Å². The van der Waals surface area contributed by atoms with Crippen LogP contribution in [0.5, 0.6) is 0 Å². The van der Waals surface area contributed by atoms with Crippen LogP contribution in [0.4, 0.5) is 13.2 Å². The van der Waals surface area contributed by atoms with E-state index in [1.807, 2.05) is 13.8 Å². The van der Waals surface area contributed by atoms with Crippen LogP contribution in [0.2, 0.25) is 0 Å². The maximum absolute atomic E-state index is 12.5. The van der Waals surface area contributed by atoms with E-state index in [0.29, 0.717) is 18.7 Å². The number of alkyl halides is 3. The van der Waals surface area contributed by atoms with Gasteiger partial charge in [0, 0.05) is 24.9 Å². The highest BCUT2D eigenvalue weighted by atomic mass is 19.4. The third kappa shape index (κ3) is 2.49. The first kappa shape index (κ1) is 14.3. The molecule has 1 aromatic carbocycles. The molecule has 5 heteroatoms. The Hall–Kier alpha value is -1.07. The van der Waals surface area contributed by atoms with E-state index in [1.54, 1.807) is 0 Å². The van der Waals surface area contributed by atoms with Crippen molar-refractivity contribution >= 4 is 0 Å². The number of aliphatic hydroxyl groups is 1. The number of rotatable bonds is 1. The van der Waals surface area contributed by atoms with Gasteiger partial charge in [0.05, 0.1) is 11.2 Å². The van der Waals surface area contributed by atoms with Crippen molar-refractivity contribution in [2.24, 2.45) is 11.8 Å². The van der Waals surface area contributed by atoms with Crippen molar-refractivity contribution in [1.82, 2.24) is 5.32 Å². The van der Waals surface area contributed by atoms with Crippen LogP contribution in [0.25, 0.3) is 0 Å². The molecule has 0 aliphatic carbocycles. The summed E-state index contributed by atoms with van der Waals surface area (Å²) in [5.41, 5.74) is -1.20. The first-order valence-corrected chi connectivity index (χ1v) is 6.37. The van der Waals surface area contributed by atoms with Crippen molar-refractivity contribution in [3.05, 3.63) is 35.4 Å². The summed E-state index contributed by atoms with van der Waals surface area (Å²) < 4.78 is 37.6. The second kappa shape index (κ2) is 4.80. The van der Waals surface area contributed by atoms with E-state index in [1.165, 1.54) is 12.1 Å². The topological polar surface area (TPSA) is 32.3 Å². The Morgan fingerprint density at radius 2 is 1.58 bits per heavy atom. The Kier molecular flexibility index (Phi) is 3.62. The molecule has 1 aliphatic rings. The second-order valence-corrected chi connectivity index (χ2v) is 5.36. The average molecular weight is 273 g/mol. The largest absolute Gasteiger partial charge is 0.416 e. The van der Waals surface area contributed by atoms with Gasteiger partial charge >= 0.3 is 6.18 Å².